The summed E-state index contributed by atoms with van der Waals surface area (Å²) >= 11 is 6.25. The summed E-state index contributed by atoms with van der Waals surface area (Å²) in [6, 6.07) is 10.8. The van der Waals surface area contributed by atoms with Gasteiger partial charge in [-0.05, 0) is 35.2 Å². The van der Waals surface area contributed by atoms with Gasteiger partial charge in [-0.15, -0.1) is 0 Å². The van der Waals surface area contributed by atoms with Crippen molar-refractivity contribution in [1.82, 2.24) is 10.3 Å². The second-order valence-electron chi connectivity index (χ2n) is 5.99. The zero-order valence-electron chi connectivity index (χ0n) is 12.4. The molecule has 1 unspecified atom stereocenters. The van der Waals surface area contributed by atoms with E-state index in [1.165, 1.54) is 11.1 Å². The quantitative estimate of drug-likeness (QED) is 0.909. The fourth-order valence-corrected chi connectivity index (χ4v) is 2.53. The molecule has 20 heavy (non-hydrogen) atoms. The van der Waals surface area contributed by atoms with Crippen molar-refractivity contribution in [1.29, 1.82) is 0 Å². The Morgan fingerprint density at radius 2 is 1.75 bits per heavy atom. The Hall–Kier alpha value is -1.38. The molecule has 0 spiro atoms. The highest BCUT2D eigenvalue weighted by atomic mass is 35.5. The molecular weight excluding hydrogens is 268 g/mol. The van der Waals surface area contributed by atoms with Gasteiger partial charge in [0.05, 0.1) is 11.1 Å². The molecule has 1 aromatic carbocycles. The number of halogens is 1. The van der Waals surface area contributed by atoms with Crippen molar-refractivity contribution in [3.05, 3.63) is 64.4 Å². The summed E-state index contributed by atoms with van der Waals surface area (Å²) in [7, 11) is 1.94. The molecule has 0 aliphatic heterocycles. The van der Waals surface area contributed by atoms with Crippen LogP contribution in [0.1, 0.15) is 43.5 Å². The zero-order valence-corrected chi connectivity index (χ0v) is 13.2. The Morgan fingerprint density at radius 1 is 1.10 bits per heavy atom. The molecule has 3 heteroatoms. The van der Waals surface area contributed by atoms with Gasteiger partial charge in [0, 0.05) is 12.4 Å². The van der Waals surface area contributed by atoms with Crippen molar-refractivity contribution >= 4 is 11.6 Å². The first kappa shape index (κ1) is 15.0. The largest absolute Gasteiger partial charge is 0.309 e. The van der Waals surface area contributed by atoms with Crippen LogP contribution in [0.15, 0.2) is 42.7 Å². The van der Waals surface area contributed by atoms with Gasteiger partial charge in [-0.3, -0.25) is 4.98 Å². The summed E-state index contributed by atoms with van der Waals surface area (Å²) in [5.74, 6) is 0. The highest BCUT2D eigenvalue weighted by molar-refractivity contribution is 6.31. The van der Waals surface area contributed by atoms with Crippen LogP contribution in [0.2, 0.25) is 5.02 Å². The molecule has 1 N–H and O–H groups in total. The minimum Gasteiger partial charge on any atom is -0.309 e. The highest BCUT2D eigenvalue weighted by Crippen LogP contribution is 2.29. The molecule has 2 rings (SSSR count). The number of nitrogens with one attached hydrogen (secondary N) is 1. The third-order valence-corrected chi connectivity index (χ3v) is 3.83. The number of benzene rings is 1. The standard InChI is InChI=1S/C17H21ClN2/c1-17(2,3)13-7-5-12(6-8-13)16(19-4)14-9-10-20-11-15(14)18/h5-11,16,19H,1-4H3. The summed E-state index contributed by atoms with van der Waals surface area (Å²) < 4.78 is 0. The van der Waals surface area contributed by atoms with E-state index in [4.69, 9.17) is 11.6 Å². The van der Waals surface area contributed by atoms with E-state index in [0.717, 1.165) is 5.56 Å². The van der Waals surface area contributed by atoms with Gasteiger partial charge in [0.15, 0.2) is 0 Å². The number of hydrogen-bond donors (Lipinski definition) is 1. The third kappa shape index (κ3) is 3.20. The van der Waals surface area contributed by atoms with E-state index < -0.39 is 0 Å². The van der Waals surface area contributed by atoms with E-state index in [1.807, 2.05) is 13.1 Å². The maximum atomic E-state index is 6.25. The number of hydrogen-bond acceptors (Lipinski definition) is 2. The third-order valence-electron chi connectivity index (χ3n) is 3.51. The van der Waals surface area contributed by atoms with E-state index in [9.17, 15) is 0 Å². The second-order valence-corrected chi connectivity index (χ2v) is 6.40. The monoisotopic (exact) mass is 288 g/mol. The van der Waals surface area contributed by atoms with Crippen molar-refractivity contribution in [2.75, 3.05) is 7.05 Å². The molecule has 1 heterocycles. The molecule has 1 atom stereocenters. The number of nitrogens with zero attached hydrogens (tertiary/aromatic N) is 1. The van der Waals surface area contributed by atoms with Crippen LogP contribution in [0.25, 0.3) is 0 Å². The minimum atomic E-state index is 0.0829. The Labute approximate surface area is 126 Å². The van der Waals surface area contributed by atoms with Crippen LogP contribution < -0.4 is 5.32 Å². The Morgan fingerprint density at radius 3 is 2.25 bits per heavy atom. The van der Waals surface area contributed by atoms with Crippen LogP contribution in [-0.2, 0) is 5.41 Å². The highest BCUT2D eigenvalue weighted by Gasteiger charge is 2.17. The van der Waals surface area contributed by atoms with Gasteiger partial charge in [-0.2, -0.15) is 0 Å². The van der Waals surface area contributed by atoms with Gasteiger partial charge in [0.2, 0.25) is 0 Å². The van der Waals surface area contributed by atoms with Gasteiger partial charge in [-0.1, -0.05) is 56.6 Å². The van der Waals surface area contributed by atoms with Gasteiger partial charge in [0.1, 0.15) is 0 Å². The lowest BCUT2D eigenvalue weighted by Crippen LogP contribution is -2.18. The molecule has 0 amide bonds. The number of rotatable bonds is 3. The lowest BCUT2D eigenvalue weighted by molar-refractivity contribution is 0.589. The summed E-state index contributed by atoms with van der Waals surface area (Å²) in [6.45, 7) is 6.66. The lowest BCUT2D eigenvalue weighted by atomic mass is 9.86. The van der Waals surface area contributed by atoms with Crippen LogP contribution in [0.3, 0.4) is 0 Å². The molecule has 0 saturated heterocycles. The summed E-state index contributed by atoms with van der Waals surface area (Å²) in [5.41, 5.74) is 3.75. The Kier molecular flexibility index (Phi) is 4.46. The molecule has 0 fully saturated rings. The lowest BCUT2D eigenvalue weighted by Gasteiger charge is -2.22. The first-order chi connectivity index (χ1) is 9.43. The maximum absolute atomic E-state index is 6.25. The van der Waals surface area contributed by atoms with Gasteiger partial charge in [0.25, 0.3) is 0 Å². The number of aromatic nitrogens is 1. The van der Waals surface area contributed by atoms with E-state index in [2.05, 4.69) is 55.3 Å². The fraction of sp³-hybridized carbons (Fsp3) is 0.353. The molecular formula is C17H21ClN2. The molecule has 1 aromatic heterocycles. The average Bonchev–Trinajstić information content (AvgIpc) is 2.41. The topological polar surface area (TPSA) is 24.9 Å². The van der Waals surface area contributed by atoms with E-state index in [0.29, 0.717) is 5.02 Å². The van der Waals surface area contributed by atoms with E-state index in [1.54, 1.807) is 12.4 Å². The minimum absolute atomic E-state index is 0.0829. The van der Waals surface area contributed by atoms with Crippen molar-refractivity contribution < 1.29 is 0 Å². The van der Waals surface area contributed by atoms with Gasteiger partial charge < -0.3 is 5.32 Å². The van der Waals surface area contributed by atoms with Crippen LogP contribution >= 0.6 is 11.6 Å². The molecule has 0 aliphatic carbocycles. The summed E-state index contributed by atoms with van der Waals surface area (Å²) in [6.07, 6.45) is 3.46. The molecule has 2 aromatic rings. The van der Waals surface area contributed by atoms with Crippen LogP contribution in [-0.4, -0.2) is 12.0 Å². The summed E-state index contributed by atoms with van der Waals surface area (Å²) in [5, 5.41) is 4.01. The van der Waals surface area contributed by atoms with Gasteiger partial charge >= 0.3 is 0 Å². The smallest absolute Gasteiger partial charge is 0.0640 e. The first-order valence-corrected chi connectivity index (χ1v) is 7.18. The molecule has 0 bridgehead atoms. The SMILES string of the molecule is CNC(c1ccc(C(C)(C)C)cc1)c1ccncc1Cl. The Bertz CT molecular complexity index is 570. The predicted octanol–water partition coefficient (Wildman–Crippen LogP) is 4.34. The summed E-state index contributed by atoms with van der Waals surface area (Å²) in [4.78, 5) is 4.04. The van der Waals surface area contributed by atoms with Crippen LogP contribution in [0.4, 0.5) is 0 Å². The van der Waals surface area contributed by atoms with Crippen LogP contribution in [0.5, 0.6) is 0 Å². The van der Waals surface area contributed by atoms with E-state index in [-0.39, 0.29) is 11.5 Å². The Balaban J connectivity index is 2.36. The predicted molar refractivity (Wildman–Crippen MR) is 85.3 cm³/mol. The van der Waals surface area contributed by atoms with Crippen molar-refractivity contribution in [2.45, 2.75) is 32.2 Å². The average molecular weight is 289 g/mol. The zero-order chi connectivity index (χ0) is 14.8. The maximum Gasteiger partial charge on any atom is 0.0640 e. The first-order valence-electron chi connectivity index (χ1n) is 6.80. The molecule has 0 aliphatic rings. The van der Waals surface area contributed by atoms with Crippen molar-refractivity contribution in [2.24, 2.45) is 0 Å². The van der Waals surface area contributed by atoms with Gasteiger partial charge in [-0.25, -0.2) is 0 Å². The molecule has 106 valence electrons. The molecule has 2 nitrogen and oxygen atoms in total. The number of pyridine rings is 1. The van der Waals surface area contributed by atoms with E-state index >= 15 is 0 Å². The van der Waals surface area contributed by atoms with Crippen molar-refractivity contribution in [3.63, 3.8) is 0 Å². The molecule has 0 radical (unpaired) electrons. The normalized spacial score (nSPS) is 13.2. The van der Waals surface area contributed by atoms with Crippen LogP contribution in [0, 0.1) is 0 Å². The fourth-order valence-electron chi connectivity index (χ4n) is 2.30. The molecule has 0 saturated carbocycles. The van der Waals surface area contributed by atoms with Crippen molar-refractivity contribution in [3.8, 4) is 0 Å². The second kappa shape index (κ2) is 5.94.